The Morgan fingerprint density at radius 2 is 2.35 bits per heavy atom. The van der Waals surface area contributed by atoms with Crippen LogP contribution in [0.25, 0.3) is 0 Å². The molecule has 0 radical (unpaired) electrons. The summed E-state index contributed by atoms with van der Waals surface area (Å²) in [5, 5.41) is 18.5. The van der Waals surface area contributed by atoms with E-state index in [9.17, 15) is 0 Å². The summed E-state index contributed by atoms with van der Waals surface area (Å²) in [4.78, 5) is 4.01. The number of hydrogen-bond acceptors (Lipinski definition) is 5. The lowest BCUT2D eigenvalue weighted by molar-refractivity contribution is 0.901. The molecule has 0 saturated heterocycles. The maximum Gasteiger partial charge on any atom is 0.137 e. The van der Waals surface area contributed by atoms with E-state index in [1.54, 1.807) is 12.1 Å². The zero-order valence-electron chi connectivity index (χ0n) is 9.14. The maximum atomic E-state index is 8.84. The second kappa shape index (κ2) is 4.99. The van der Waals surface area contributed by atoms with Gasteiger partial charge in [0.1, 0.15) is 18.2 Å². The van der Waals surface area contributed by atoms with Crippen LogP contribution < -0.4 is 11.1 Å². The molecular formula is C11H12N6. The highest BCUT2D eigenvalue weighted by molar-refractivity contribution is 5.72. The molecule has 0 aliphatic rings. The zero-order chi connectivity index (χ0) is 12.1. The van der Waals surface area contributed by atoms with E-state index in [-0.39, 0.29) is 0 Å². The summed E-state index contributed by atoms with van der Waals surface area (Å²) in [6, 6.07) is 7.38. The van der Waals surface area contributed by atoms with E-state index in [0.29, 0.717) is 17.8 Å². The Morgan fingerprint density at radius 3 is 3.06 bits per heavy atom. The molecule has 0 bridgehead atoms. The number of nitrogen functional groups attached to an aromatic ring is 1. The zero-order valence-corrected chi connectivity index (χ0v) is 9.14. The summed E-state index contributed by atoms with van der Waals surface area (Å²) in [5.41, 5.74) is 7.56. The molecule has 0 saturated carbocycles. The standard InChI is InChI=1S/C11H12N6/c12-6-8-2-1-3-9(11(8)13)14-5-4-10-15-7-16-17-10/h1-3,7,14H,4-5,13H2,(H,15,16,17). The number of nitrogens with zero attached hydrogens (tertiary/aromatic N) is 3. The predicted octanol–water partition coefficient (Wildman–Crippen LogP) is 0.913. The molecule has 2 aromatic rings. The van der Waals surface area contributed by atoms with Gasteiger partial charge >= 0.3 is 0 Å². The van der Waals surface area contributed by atoms with Crippen LogP contribution in [0.2, 0.25) is 0 Å². The number of rotatable bonds is 4. The molecule has 1 heterocycles. The second-order valence-electron chi connectivity index (χ2n) is 3.49. The summed E-state index contributed by atoms with van der Waals surface area (Å²) in [6.45, 7) is 0.675. The Bertz CT molecular complexity index is 525. The number of aromatic nitrogens is 3. The van der Waals surface area contributed by atoms with E-state index >= 15 is 0 Å². The smallest absolute Gasteiger partial charge is 0.137 e. The Morgan fingerprint density at radius 1 is 1.47 bits per heavy atom. The van der Waals surface area contributed by atoms with Gasteiger partial charge in [-0.05, 0) is 12.1 Å². The number of aromatic amines is 1. The molecule has 0 aliphatic heterocycles. The highest BCUT2D eigenvalue weighted by Gasteiger charge is 2.03. The number of nitrogens with two attached hydrogens (primary N) is 1. The highest BCUT2D eigenvalue weighted by atomic mass is 15.2. The largest absolute Gasteiger partial charge is 0.396 e. The molecule has 0 amide bonds. The minimum atomic E-state index is 0.479. The normalized spacial score (nSPS) is 9.82. The van der Waals surface area contributed by atoms with Gasteiger partial charge in [-0.2, -0.15) is 10.4 Å². The fraction of sp³-hybridized carbons (Fsp3) is 0.182. The first-order chi connectivity index (χ1) is 8.31. The third-order valence-electron chi connectivity index (χ3n) is 2.37. The van der Waals surface area contributed by atoms with Crippen molar-refractivity contribution < 1.29 is 0 Å². The van der Waals surface area contributed by atoms with Crippen LogP contribution in [0.5, 0.6) is 0 Å². The van der Waals surface area contributed by atoms with Crippen molar-refractivity contribution in [3.05, 3.63) is 35.9 Å². The Hall–Kier alpha value is -2.55. The minimum absolute atomic E-state index is 0.479. The number of nitrogens with one attached hydrogen (secondary N) is 2. The number of para-hydroxylation sites is 1. The van der Waals surface area contributed by atoms with Crippen molar-refractivity contribution in [2.45, 2.75) is 6.42 Å². The van der Waals surface area contributed by atoms with Crippen LogP contribution in [-0.2, 0) is 6.42 Å². The van der Waals surface area contributed by atoms with E-state index in [4.69, 9.17) is 11.0 Å². The highest BCUT2D eigenvalue weighted by Crippen LogP contribution is 2.21. The maximum absolute atomic E-state index is 8.84. The van der Waals surface area contributed by atoms with Gasteiger partial charge in [-0.25, -0.2) is 4.98 Å². The van der Waals surface area contributed by atoms with Crippen LogP contribution in [0.4, 0.5) is 11.4 Å². The predicted molar refractivity (Wildman–Crippen MR) is 64.1 cm³/mol. The van der Waals surface area contributed by atoms with Crippen molar-refractivity contribution in [3.8, 4) is 6.07 Å². The van der Waals surface area contributed by atoms with Crippen LogP contribution in [0, 0.1) is 11.3 Å². The van der Waals surface area contributed by atoms with Crippen molar-refractivity contribution in [3.63, 3.8) is 0 Å². The average molecular weight is 228 g/mol. The summed E-state index contributed by atoms with van der Waals surface area (Å²) < 4.78 is 0. The molecule has 1 aromatic carbocycles. The molecule has 6 nitrogen and oxygen atoms in total. The number of benzene rings is 1. The summed E-state index contributed by atoms with van der Waals surface area (Å²) in [6.07, 6.45) is 2.19. The van der Waals surface area contributed by atoms with Crippen LogP contribution in [0.15, 0.2) is 24.5 Å². The van der Waals surface area contributed by atoms with Crippen molar-refractivity contribution in [1.29, 1.82) is 5.26 Å². The summed E-state index contributed by atoms with van der Waals surface area (Å²) in [7, 11) is 0. The average Bonchev–Trinajstić information content (AvgIpc) is 2.84. The molecule has 0 aliphatic carbocycles. The van der Waals surface area contributed by atoms with Crippen LogP contribution >= 0.6 is 0 Å². The van der Waals surface area contributed by atoms with Crippen LogP contribution in [-0.4, -0.2) is 21.7 Å². The molecule has 1 aromatic heterocycles. The van der Waals surface area contributed by atoms with Crippen molar-refractivity contribution >= 4 is 11.4 Å². The molecule has 17 heavy (non-hydrogen) atoms. The third-order valence-corrected chi connectivity index (χ3v) is 2.37. The summed E-state index contributed by atoms with van der Waals surface area (Å²) in [5.74, 6) is 0.813. The van der Waals surface area contributed by atoms with E-state index < -0.39 is 0 Å². The first kappa shape index (κ1) is 11.0. The molecule has 0 fully saturated rings. The SMILES string of the molecule is N#Cc1cccc(NCCc2ncn[nH]2)c1N. The van der Waals surface area contributed by atoms with E-state index in [2.05, 4.69) is 20.5 Å². The van der Waals surface area contributed by atoms with Gasteiger partial charge in [-0.15, -0.1) is 0 Å². The lowest BCUT2D eigenvalue weighted by Gasteiger charge is -2.09. The minimum Gasteiger partial charge on any atom is -0.396 e. The quantitative estimate of drug-likeness (QED) is 0.675. The fourth-order valence-electron chi connectivity index (χ4n) is 1.48. The van der Waals surface area contributed by atoms with Crippen molar-refractivity contribution in [2.75, 3.05) is 17.6 Å². The first-order valence-electron chi connectivity index (χ1n) is 5.18. The van der Waals surface area contributed by atoms with E-state index in [1.165, 1.54) is 6.33 Å². The lowest BCUT2D eigenvalue weighted by atomic mass is 10.1. The molecule has 4 N–H and O–H groups in total. The molecule has 0 unspecified atom stereocenters. The number of hydrogen-bond donors (Lipinski definition) is 3. The van der Waals surface area contributed by atoms with Gasteiger partial charge in [0.25, 0.3) is 0 Å². The first-order valence-corrected chi connectivity index (χ1v) is 5.18. The van der Waals surface area contributed by atoms with Gasteiger partial charge in [0.15, 0.2) is 0 Å². The fourth-order valence-corrected chi connectivity index (χ4v) is 1.48. The van der Waals surface area contributed by atoms with Gasteiger partial charge in [-0.1, -0.05) is 6.07 Å². The molecule has 0 atom stereocenters. The molecule has 6 heteroatoms. The van der Waals surface area contributed by atoms with Gasteiger partial charge in [0.2, 0.25) is 0 Å². The van der Waals surface area contributed by atoms with E-state index in [0.717, 1.165) is 17.9 Å². The van der Waals surface area contributed by atoms with Crippen LogP contribution in [0.3, 0.4) is 0 Å². The molecule has 2 rings (SSSR count). The van der Waals surface area contributed by atoms with Gasteiger partial charge < -0.3 is 11.1 Å². The Balaban J connectivity index is 1.98. The topological polar surface area (TPSA) is 103 Å². The second-order valence-corrected chi connectivity index (χ2v) is 3.49. The Kier molecular flexibility index (Phi) is 3.21. The van der Waals surface area contributed by atoms with Gasteiger partial charge in [0.05, 0.1) is 16.9 Å². The van der Waals surface area contributed by atoms with Gasteiger partial charge in [-0.3, -0.25) is 5.10 Å². The van der Waals surface area contributed by atoms with E-state index in [1.807, 2.05) is 12.1 Å². The number of nitriles is 1. The molecule has 0 spiro atoms. The third kappa shape index (κ3) is 2.52. The number of H-pyrrole nitrogens is 1. The molecule has 86 valence electrons. The Labute approximate surface area is 98.5 Å². The van der Waals surface area contributed by atoms with Crippen molar-refractivity contribution in [2.24, 2.45) is 0 Å². The summed E-state index contributed by atoms with van der Waals surface area (Å²) >= 11 is 0. The van der Waals surface area contributed by atoms with Gasteiger partial charge in [0, 0.05) is 13.0 Å². The lowest BCUT2D eigenvalue weighted by Crippen LogP contribution is -2.08. The monoisotopic (exact) mass is 228 g/mol. The van der Waals surface area contributed by atoms with Crippen molar-refractivity contribution in [1.82, 2.24) is 15.2 Å². The number of anilines is 2. The molecular weight excluding hydrogens is 216 g/mol. The van der Waals surface area contributed by atoms with Crippen LogP contribution in [0.1, 0.15) is 11.4 Å².